The van der Waals surface area contributed by atoms with Gasteiger partial charge in [-0.15, -0.1) is 0 Å². The molecule has 2 aromatic rings. The Balaban J connectivity index is 1.40. The molecular weight excluding hydrogens is 298 g/mol. The molecule has 1 aromatic heterocycles. The Morgan fingerprint density at radius 3 is 2.91 bits per heavy atom. The number of benzene rings is 1. The van der Waals surface area contributed by atoms with Gasteiger partial charge in [0.1, 0.15) is 0 Å². The predicted molar refractivity (Wildman–Crippen MR) is 85.4 cm³/mol. The molecule has 1 saturated carbocycles. The fraction of sp³-hybridized carbons (Fsp3) is 0.438. The highest BCUT2D eigenvalue weighted by atomic mass is 32.2. The van der Waals surface area contributed by atoms with Gasteiger partial charge in [-0.1, -0.05) is 35.5 Å². The summed E-state index contributed by atoms with van der Waals surface area (Å²) in [6.07, 6.45) is 3.27. The lowest BCUT2D eigenvalue weighted by molar-refractivity contribution is -0.118. The van der Waals surface area contributed by atoms with Gasteiger partial charge in [-0.25, -0.2) is 0 Å². The van der Waals surface area contributed by atoms with Gasteiger partial charge in [0.15, 0.2) is 5.82 Å². The molecule has 1 amide bonds. The maximum atomic E-state index is 11.7. The lowest BCUT2D eigenvalue weighted by Gasteiger charge is -2.01. The van der Waals surface area contributed by atoms with Crippen LogP contribution in [0.25, 0.3) is 0 Å². The Hall–Kier alpha value is -1.82. The van der Waals surface area contributed by atoms with Gasteiger partial charge >= 0.3 is 0 Å². The van der Waals surface area contributed by atoms with Crippen molar-refractivity contribution in [1.29, 1.82) is 0 Å². The van der Waals surface area contributed by atoms with Crippen molar-refractivity contribution in [3.8, 4) is 0 Å². The first-order valence-corrected chi connectivity index (χ1v) is 8.65. The number of thioether (sulfide) groups is 1. The van der Waals surface area contributed by atoms with Crippen molar-refractivity contribution in [3.05, 3.63) is 47.6 Å². The van der Waals surface area contributed by atoms with Crippen molar-refractivity contribution in [2.45, 2.75) is 25.8 Å². The minimum atomic E-state index is 0.0217. The number of aromatic nitrogens is 2. The van der Waals surface area contributed by atoms with E-state index >= 15 is 0 Å². The number of amides is 1. The molecule has 0 atom stereocenters. The summed E-state index contributed by atoms with van der Waals surface area (Å²) in [5.74, 6) is 3.55. The average molecular weight is 317 g/mol. The van der Waals surface area contributed by atoms with Crippen LogP contribution in [0.15, 0.2) is 34.9 Å². The second-order valence-corrected chi connectivity index (χ2v) is 6.53. The fourth-order valence-corrected chi connectivity index (χ4v) is 3.11. The van der Waals surface area contributed by atoms with Crippen LogP contribution in [0.1, 0.15) is 30.1 Å². The maximum Gasteiger partial charge on any atom is 0.246 e. The van der Waals surface area contributed by atoms with E-state index < -0.39 is 0 Å². The summed E-state index contributed by atoms with van der Waals surface area (Å²) in [4.78, 5) is 16.0. The third kappa shape index (κ3) is 4.87. The van der Waals surface area contributed by atoms with Crippen LogP contribution in [0.5, 0.6) is 0 Å². The van der Waals surface area contributed by atoms with E-state index in [2.05, 4.69) is 15.5 Å². The third-order valence-electron chi connectivity index (χ3n) is 3.44. The van der Waals surface area contributed by atoms with Crippen molar-refractivity contribution >= 4 is 17.7 Å². The molecule has 0 saturated heterocycles. The molecule has 0 spiro atoms. The first kappa shape index (κ1) is 15.1. The van der Waals surface area contributed by atoms with E-state index in [4.69, 9.17) is 4.52 Å². The zero-order valence-electron chi connectivity index (χ0n) is 12.3. The van der Waals surface area contributed by atoms with Gasteiger partial charge in [0.05, 0.1) is 12.3 Å². The van der Waals surface area contributed by atoms with E-state index in [-0.39, 0.29) is 5.91 Å². The maximum absolute atomic E-state index is 11.7. The van der Waals surface area contributed by atoms with E-state index in [0.717, 1.165) is 17.2 Å². The summed E-state index contributed by atoms with van der Waals surface area (Å²) < 4.78 is 5.16. The second kappa shape index (κ2) is 7.45. The first-order valence-electron chi connectivity index (χ1n) is 7.49. The first-order chi connectivity index (χ1) is 10.8. The summed E-state index contributed by atoms with van der Waals surface area (Å²) >= 11 is 1.70. The molecular formula is C16H19N3O2S. The van der Waals surface area contributed by atoms with Crippen LogP contribution in [-0.4, -0.2) is 27.6 Å². The molecule has 1 aliphatic carbocycles. The number of hydrogen-bond acceptors (Lipinski definition) is 5. The summed E-state index contributed by atoms with van der Waals surface area (Å²) in [5, 5.41) is 6.75. The largest absolute Gasteiger partial charge is 0.346 e. The number of rotatable bonds is 8. The van der Waals surface area contributed by atoms with Crippen molar-refractivity contribution in [2.24, 2.45) is 5.92 Å². The molecule has 6 heteroatoms. The molecule has 0 aliphatic heterocycles. The third-order valence-corrected chi connectivity index (χ3v) is 4.61. The van der Waals surface area contributed by atoms with Crippen LogP contribution >= 0.6 is 11.8 Å². The highest BCUT2D eigenvalue weighted by Crippen LogP contribution is 2.32. The number of carbonyl (C=O) groups excluding carboxylic acids is 1. The molecule has 1 aliphatic rings. The van der Waals surface area contributed by atoms with Crippen LogP contribution in [-0.2, 0) is 17.8 Å². The Kier molecular flexibility index (Phi) is 5.11. The number of nitrogens with zero attached hydrogens (tertiary/aromatic N) is 2. The standard InChI is InChI=1S/C16H19N3O2S/c20-15(11-22-10-13-6-7-13)17-9-16-18-14(19-21-16)8-12-4-2-1-3-5-12/h1-5,13H,6-11H2,(H,17,20). The molecule has 0 unspecified atom stereocenters. The topological polar surface area (TPSA) is 68.0 Å². The zero-order chi connectivity index (χ0) is 15.2. The van der Waals surface area contributed by atoms with E-state index in [1.54, 1.807) is 11.8 Å². The summed E-state index contributed by atoms with van der Waals surface area (Å²) in [6.45, 7) is 0.296. The van der Waals surface area contributed by atoms with Crippen LogP contribution in [0, 0.1) is 5.92 Å². The van der Waals surface area contributed by atoms with Crippen LogP contribution in [0.3, 0.4) is 0 Å². The second-order valence-electron chi connectivity index (χ2n) is 5.50. The number of hydrogen-bond donors (Lipinski definition) is 1. The van der Waals surface area contributed by atoms with Gasteiger partial charge in [0.25, 0.3) is 0 Å². The minimum absolute atomic E-state index is 0.0217. The quantitative estimate of drug-likeness (QED) is 0.810. The van der Waals surface area contributed by atoms with E-state index in [1.165, 1.54) is 12.8 Å². The van der Waals surface area contributed by atoms with Crippen molar-refractivity contribution in [3.63, 3.8) is 0 Å². The molecule has 1 N–H and O–H groups in total. The highest BCUT2D eigenvalue weighted by molar-refractivity contribution is 7.99. The Bertz CT molecular complexity index is 611. The van der Waals surface area contributed by atoms with Gasteiger partial charge in [-0.2, -0.15) is 16.7 Å². The van der Waals surface area contributed by atoms with Crippen molar-refractivity contribution < 1.29 is 9.32 Å². The van der Waals surface area contributed by atoms with Gasteiger partial charge < -0.3 is 9.84 Å². The van der Waals surface area contributed by atoms with Crippen LogP contribution < -0.4 is 5.32 Å². The molecule has 116 valence electrons. The molecule has 1 heterocycles. The zero-order valence-corrected chi connectivity index (χ0v) is 13.1. The monoisotopic (exact) mass is 317 g/mol. The van der Waals surface area contributed by atoms with E-state index in [0.29, 0.717) is 30.4 Å². The van der Waals surface area contributed by atoms with Crippen molar-refractivity contribution in [2.75, 3.05) is 11.5 Å². The van der Waals surface area contributed by atoms with Crippen molar-refractivity contribution in [1.82, 2.24) is 15.5 Å². The summed E-state index contributed by atoms with van der Waals surface area (Å²) in [7, 11) is 0. The predicted octanol–water partition coefficient (Wildman–Crippen LogP) is 2.42. The summed E-state index contributed by atoms with van der Waals surface area (Å²) in [5.41, 5.74) is 1.13. The lowest BCUT2D eigenvalue weighted by atomic mass is 10.1. The summed E-state index contributed by atoms with van der Waals surface area (Å²) in [6, 6.07) is 9.98. The fourth-order valence-electron chi connectivity index (χ4n) is 2.04. The minimum Gasteiger partial charge on any atom is -0.346 e. The molecule has 0 radical (unpaired) electrons. The average Bonchev–Trinajstić information content (AvgIpc) is 3.25. The molecule has 1 fully saturated rings. The molecule has 0 bridgehead atoms. The smallest absolute Gasteiger partial charge is 0.246 e. The highest BCUT2D eigenvalue weighted by Gasteiger charge is 2.21. The van der Waals surface area contributed by atoms with Gasteiger partial charge in [-0.3, -0.25) is 4.79 Å². The molecule has 3 rings (SSSR count). The molecule has 22 heavy (non-hydrogen) atoms. The van der Waals surface area contributed by atoms with Gasteiger partial charge in [0.2, 0.25) is 11.8 Å². The Morgan fingerprint density at radius 2 is 2.14 bits per heavy atom. The molecule has 1 aromatic carbocycles. The van der Waals surface area contributed by atoms with E-state index in [1.807, 2.05) is 30.3 Å². The number of nitrogens with one attached hydrogen (secondary N) is 1. The number of carbonyl (C=O) groups is 1. The van der Waals surface area contributed by atoms with Gasteiger partial charge in [0, 0.05) is 6.42 Å². The lowest BCUT2D eigenvalue weighted by Crippen LogP contribution is -2.25. The molecule has 5 nitrogen and oxygen atoms in total. The Morgan fingerprint density at radius 1 is 1.32 bits per heavy atom. The Labute approximate surface area is 133 Å². The van der Waals surface area contributed by atoms with Gasteiger partial charge in [-0.05, 0) is 30.1 Å². The van der Waals surface area contributed by atoms with Crippen LogP contribution in [0.2, 0.25) is 0 Å². The van der Waals surface area contributed by atoms with Crippen LogP contribution in [0.4, 0.5) is 0 Å². The SMILES string of the molecule is O=C(CSCC1CC1)NCc1nc(Cc2ccccc2)no1. The normalized spacial score (nSPS) is 14.0. The van der Waals surface area contributed by atoms with E-state index in [9.17, 15) is 4.79 Å².